The van der Waals surface area contributed by atoms with Gasteiger partial charge in [-0.2, -0.15) is 0 Å². The molecule has 0 aromatic carbocycles. The van der Waals surface area contributed by atoms with E-state index in [1.807, 2.05) is 13.0 Å². The summed E-state index contributed by atoms with van der Waals surface area (Å²) in [7, 11) is 0. The normalized spacial score (nSPS) is 18.3. The molecule has 1 aliphatic rings. The summed E-state index contributed by atoms with van der Waals surface area (Å²) in [4.78, 5) is 4.32. The van der Waals surface area contributed by atoms with Gasteiger partial charge in [-0.3, -0.25) is 0 Å². The van der Waals surface area contributed by atoms with Gasteiger partial charge in [-0.1, -0.05) is 0 Å². The lowest BCUT2D eigenvalue weighted by Gasteiger charge is -2.41. The van der Waals surface area contributed by atoms with Crippen LogP contribution in [0.15, 0.2) is 16.7 Å². The Morgan fingerprint density at radius 3 is 2.80 bits per heavy atom. The molecular formula is C11H15BrN2O. The number of nitrogens with one attached hydrogen (secondary N) is 1. The summed E-state index contributed by atoms with van der Waals surface area (Å²) in [5, 5.41) is 12.7. The van der Waals surface area contributed by atoms with Crippen LogP contribution in [0.3, 0.4) is 0 Å². The van der Waals surface area contributed by atoms with Crippen LogP contribution >= 0.6 is 15.9 Å². The highest BCUT2D eigenvalue weighted by atomic mass is 79.9. The maximum Gasteiger partial charge on any atom is 0.129 e. The first kappa shape index (κ1) is 10.9. The summed E-state index contributed by atoms with van der Waals surface area (Å²) in [5.41, 5.74) is 0.982. The Kier molecular flexibility index (Phi) is 2.98. The van der Waals surface area contributed by atoms with Gasteiger partial charge >= 0.3 is 0 Å². The summed E-state index contributed by atoms with van der Waals surface area (Å²) in [6.07, 6.45) is 5.02. The van der Waals surface area contributed by atoms with Crippen LogP contribution in [0.2, 0.25) is 0 Å². The summed E-state index contributed by atoms with van der Waals surface area (Å²) in [6.45, 7) is 2.20. The van der Waals surface area contributed by atoms with Crippen LogP contribution in [0, 0.1) is 6.92 Å². The lowest BCUT2D eigenvalue weighted by molar-refractivity contribution is 0.143. The van der Waals surface area contributed by atoms with Crippen LogP contribution in [-0.2, 0) is 0 Å². The fraction of sp³-hybridized carbons (Fsp3) is 0.545. The van der Waals surface area contributed by atoms with Crippen LogP contribution in [0.1, 0.15) is 24.8 Å². The third-order valence-electron chi connectivity index (χ3n) is 3.04. The number of anilines is 1. The molecule has 2 N–H and O–H groups in total. The second kappa shape index (κ2) is 4.10. The molecule has 0 bridgehead atoms. The molecule has 0 unspecified atom stereocenters. The molecule has 2 rings (SSSR count). The van der Waals surface area contributed by atoms with Gasteiger partial charge < -0.3 is 10.4 Å². The van der Waals surface area contributed by atoms with Gasteiger partial charge in [0.15, 0.2) is 0 Å². The first-order valence-corrected chi connectivity index (χ1v) is 5.96. The van der Waals surface area contributed by atoms with Crippen molar-refractivity contribution < 1.29 is 5.11 Å². The van der Waals surface area contributed by atoms with Crippen LogP contribution in [-0.4, -0.2) is 22.2 Å². The number of halogens is 1. The molecule has 1 aromatic rings. The summed E-state index contributed by atoms with van der Waals surface area (Å²) in [6, 6.07) is 2.03. The minimum atomic E-state index is -0.119. The predicted octanol–water partition coefficient (Wildman–Crippen LogP) is 2.48. The van der Waals surface area contributed by atoms with Crippen molar-refractivity contribution in [3.8, 4) is 0 Å². The van der Waals surface area contributed by atoms with Gasteiger partial charge in [0.25, 0.3) is 0 Å². The van der Waals surface area contributed by atoms with E-state index in [4.69, 9.17) is 0 Å². The van der Waals surface area contributed by atoms with Gasteiger partial charge in [0.1, 0.15) is 5.82 Å². The van der Waals surface area contributed by atoms with E-state index in [-0.39, 0.29) is 12.1 Å². The Morgan fingerprint density at radius 2 is 2.33 bits per heavy atom. The maximum atomic E-state index is 9.34. The molecular weight excluding hydrogens is 256 g/mol. The van der Waals surface area contributed by atoms with Crippen molar-refractivity contribution in [2.45, 2.75) is 31.7 Å². The van der Waals surface area contributed by atoms with Crippen molar-refractivity contribution >= 4 is 21.7 Å². The Labute approximate surface area is 98.0 Å². The number of hydrogen-bond acceptors (Lipinski definition) is 3. The van der Waals surface area contributed by atoms with Crippen LogP contribution in [0.4, 0.5) is 5.82 Å². The van der Waals surface area contributed by atoms with Gasteiger partial charge in [0.2, 0.25) is 0 Å². The average molecular weight is 271 g/mol. The summed E-state index contributed by atoms with van der Waals surface area (Å²) < 4.78 is 0.984. The number of aryl methyl sites for hydroxylation is 1. The third kappa shape index (κ3) is 2.16. The number of aliphatic hydroxyl groups excluding tert-OH is 1. The Balaban J connectivity index is 2.16. The van der Waals surface area contributed by atoms with Crippen molar-refractivity contribution in [1.29, 1.82) is 0 Å². The first-order valence-electron chi connectivity index (χ1n) is 5.16. The smallest absolute Gasteiger partial charge is 0.129 e. The first-order chi connectivity index (χ1) is 7.15. The average Bonchev–Trinajstić information content (AvgIpc) is 2.14. The number of hydrogen-bond donors (Lipinski definition) is 2. The molecule has 1 saturated carbocycles. The second-order valence-electron chi connectivity index (χ2n) is 4.24. The molecule has 0 spiro atoms. The molecule has 1 aliphatic carbocycles. The largest absolute Gasteiger partial charge is 0.394 e. The van der Waals surface area contributed by atoms with E-state index in [1.165, 1.54) is 6.42 Å². The minimum Gasteiger partial charge on any atom is -0.394 e. The predicted molar refractivity (Wildman–Crippen MR) is 64.0 cm³/mol. The van der Waals surface area contributed by atoms with E-state index in [9.17, 15) is 5.11 Å². The molecule has 0 atom stereocenters. The van der Waals surface area contributed by atoms with Gasteiger partial charge in [0.05, 0.1) is 12.1 Å². The quantitative estimate of drug-likeness (QED) is 0.887. The minimum absolute atomic E-state index is 0.119. The number of rotatable bonds is 3. The number of pyridine rings is 1. The van der Waals surface area contributed by atoms with Crippen molar-refractivity contribution in [3.63, 3.8) is 0 Å². The molecule has 0 aliphatic heterocycles. The highest BCUT2D eigenvalue weighted by molar-refractivity contribution is 9.10. The van der Waals surface area contributed by atoms with Crippen molar-refractivity contribution in [3.05, 3.63) is 22.3 Å². The van der Waals surface area contributed by atoms with Crippen molar-refractivity contribution in [2.24, 2.45) is 0 Å². The molecule has 82 valence electrons. The standard InChI is InChI=1S/C11H15BrN2O/c1-8-5-9(12)6-13-10(8)14-11(7-15)3-2-4-11/h5-6,15H,2-4,7H2,1H3,(H,13,14). The van der Waals surface area contributed by atoms with Gasteiger partial charge in [0, 0.05) is 10.7 Å². The molecule has 4 heteroatoms. The molecule has 0 amide bonds. The summed E-state index contributed by atoms with van der Waals surface area (Å²) in [5.74, 6) is 0.881. The fourth-order valence-corrected chi connectivity index (χ4v) is 2.29. The van der Waals surface area contributed by atoms with E-state index in [1.54, 1.807) is 6.20 Å². The van der Waals surface area contributed by atoms with Crippen molar-refractivity contribution in [2.75, 3.05) is 11.9 Å². The molecule has 15 heavy (non-hydrogen) atoms. The Bertz CT molecular complexity index is 358. The van der Waals surface area contributed by atoms with E-state index in [2.05, 4.69) is 26.2 Å². The van der Waals surface area contributed by atoms with Crippen LogP contribution in [0.5, 0.6) is 0 Å². The molecule has 1 fully saturated rings. The number of aliphatic hydroxyl groups is 1. The second-order valence-corrected chi connectivity index (χ2v) is 5.15. The molecule has 0 radical (unpaired) electrons. The monoisotopic (exact) mass is 270 g/mol. The topological polar surface area (TPSA) is 45.2 Å². The zero-order chi connectivity index (χ0) is 10.9. The Morgan fingerprint density at radius 1 is 1.60 bits per heavy atom. The highest BCUT2D eigenvalue weighted by Gasteiger charge is 2.36. The highest BCUT2D eigenvalue weighted by Crippen LogP contribution is 2.35. The lowest BCUT2D eigenvalue weighted by Crippen LogP contribution is -2.48. The lowest BCUT2D eigenvalue weighted by atomic mass is 9.77. The summed E-state index contributed by atoms with van der Waals surface area (Å²) >= 11 is 3.38. The van der Waals surface area contributed by atoms with Crippen LogP contribution < -0.4 is 5.32 Å². The SMILES string of the molecule is Cc1cc(Br)cnc1NC1(CO)CCC1. The van der Waals surface area contributed by atoms with E-state index in [0.29, 0.717) is 0 Å². The van der Waals surface area contributed by atoms with Crippen LogP contribution in [0.25, 0.3) is 0 Å². The molecule has 1 aromatic heterocycles. The van der Waals surface area contributed by atoms with Gasteiger partial charge in [-0.05, 0) is 53.7 Å². The number of nitrogens with zero attached hydrogens (tertiary/aromatic N) is 1. The fourth-order valence-electron chi connectivity index (χ4n) is 1.85. The van der Waals surface area contributed by atoms with E-state index < -0.39 is 0 Å². The Hall–Kier alpha value is -0.610. The molecule has 0 saturated heterocycles. The van der Waals surface area contributed by atoms with E-state index in [0.717, 1.165) is 28.7 Å². The van der Waals surface area contributed by atoms with E-state index >= 15 is 0 Å². The third-order valence-corrected chi connectivity index (χ3v) is 3.48. The maximum absolute atomic E-state index is 9.34. The van der Waals surface area contributed by atoms with Crippen molar-refractivity contribution in [1.82, 2.24) is 4.98 Å². The molecule has 1 heterocycles. The van der Waals surface area contributed by atoms with Gasteiger partial charge in [-0.15, -0.1) is 0 Å². The molecule has 3 nitrogen and oxygen atoms in total. The van der Waals surface area contributed by atoms with Gasteiger partial charge in [-0.25, -0.2) is 4.98 Å². The zero-order valence-electron chi connectivity index (χ0n) is 8.76. The zero-order valence-corrected chi connectivity index (χ0v) is 10.3. The number of aromatic nitrogens is 1.